The molecule has 0 aliphatic carbocycles. The standard InChI is InChI=1S/C25H28N6O/c1-32-23-17-21-22(16-19(23)8-7-13-30-11-2-3-12-30)28-25(31-14-4-5-15-31)29-24(21)27-20-9-6-10-26-18-20/h6,9-10,16-18H,2-5,11-15H2,1H3,(H,27,28,29). The highest BCUT2D eigenvalue weighted by molar-refractivity contribution is 5.94. The van der Waals surface area contributed by atoms with Crippen molar-refractivity contribution in [2.75, 3.05) is 50.1 Å². The number of nitrogens with one attached hydrogen (secondary N) is 1. The van der Waals surface area contributed by atoms with Crippen LogP contribution < -0.4 is 15.0 Å². The van der Waals surface area contributed by atoms with E-state index in [-0.39, 0.29) is 0 Å². The van der Waals surface area contributed by atoms with Gasteiger partial charge in [-0.2, -0.15) is 4.98 Å². The van der Waals surface area contributed by atoms with Crippen LogP contribution in [0.25, 0.3) is 10.9 Å². The molecule has 3 aromatic rings. The fourth-order valence-corrected chi connectivity index (χ4v) is 4.32. The third kappa shape index (κ3) is 4.46. The molecule has 0 saturated carbocycles. The zero-order valence-electron chi connectivity index (χ0n) is 18.5. The van der Waals surface area contributed by atoms with E-state index in [1.54, 1.807) is 19.5 Å². The van der Waals surface area contributed by atoms with Gasteiger partial charge in [0.25, 0.3) is 0 Å². The van der Waals surface area contributed by atoms with Gasteiger partial charge in [-0.1, -0.05) is 11.8 Å². The zero-order chi connectivity index (χ0) is 21.8. The Kier molecular flexibility index (Phi) is 6.04. The van der Waals surface area contributed by atoms with Gasteiger partial charge in [-0.3, -0.25) is 9.88 Å². The lowest BCUT2D eigenvalue weighted by molar-refractivity contribution is 0.383. The van der Waals surface area contributed by atoms with Gasteiger partial charge in [-0.05, 0) is 63.0 Å². The van der Waals surface area contributed by atoms with Gasteiger partial charge in [0.1, 0.15) is 11.6 Å². The highest BCUT2D eigenvalue weighted by atomic mass is 16.5. The second-order valence-electron chi connectivity index (χ2n) is 8.29. The van der Waals surface area contributed by atoms with Gasteiger partial charge in [0.2, 0.25) is 5.95 Å². The van der Waals surface area contributed by atoms with Crippen LogP contribution in [-0.2, 0) is 0 Å². The molecule has 2 saturated heterocycles. The zero-order valence-corrected chi connectivity index (χ0v) is 18.5. The number of methoxy groups -OCH3 is 1. The van der Waals surface area contributed by atoms with Crippen molar-refractivity contribution >= 4 is 28.4 Å². The molecule has 0 spiro atoms. The maximum atomic E-state index is 5.69. The summed E-state index contributed by atoms with van der Waals surface area (Å²) < 4.78 is 5.69. The topological polar surface area (TPSA) is 66.4 Å². The summed E-state index contributed by atoms with van der Waals surface area (Å²) in [7, 11) is 1.68. The van der Waals surface area contributed by atoms with Crippen LogP contribution in [0.5, 0.6) is 5.75 Å². The Morgan fingerprint density at radius 1 is 1.06 bits per heavy atom. The average Bonchev–Trinajstić information content (AvgIpc) is 3.54. The molecule has 0 amide bonds. The Balaban J connectivity index is 1.55. The monoisotopic (exact) mass is 428 g/mol. The molecule has 2 aliphatic rings. The number of pyridine rings is 1. The normalized spacial score (nSPS) is 16.2. The first-order valence-electron chi connectivity index (χ1n) is 11.3. The minimum atomic E-state index is 0.734. The van der Waals surface area contributed by atoms with Crippen molar-refractivity contribution in [2.24, 2.45) is 0 Å². The van der Waals surface area contributed by atoms with Crippen molar-refractivity contribution in [2.45, 2.75) is 25.7 Å². The maximum absolute atomic E-state index is 5.69. The Bertz CT molecular complexity index is 1140. The lowest BCUT2D eigenvalue weighted by Crippen LogP contribution is -2.21. The number of fused-ring (bicyclic) bond motifs is 1. The molecule has 5 rings (SSSR count). The van der Waals surface area contributed by atoms with Gasteiger partial charge >= 0.3 is 0 Å². The van der Waals surface area contributed by atoms with Crippen molar-refractivity contribution in [3.63, 3.8) is 0 Å². The van der Waals surface area contributed by atoms with E-state index >= 15 is 0 Å². The predicted molar refractivity (Wildman–Crippen MR) is 128 cm³/mol. The van der Waals surface area contributed by atoms with Gasteiger partial charge in [0, 0.05) is 24.7 Å². The van der Waals surface area contributed by atoms with Crippen LogP contribution in [0.3, 0.4) is 0 Å². The summed E-state index contributed by atoms with van der Waals surface area (Å²) in [5.74, 6) is 8.88. The summed E-state index contributed by atoms with van der Waals surface area (Å²) in [6, 6.07) is 7.90. The minimum Gasteiger partial charge on any atom is -0.495 e. The molecular formula is C25H28N6O. The van der Waals surface area contributed by atoms with Crippen LogP contribution in [0, 0.1) is 11.8 Å². The van der Waals surface area contributed by atoms with Crippen LogP contribution >= 0.6 is 0 Å². The second-order valence-corrected chi connectivity index (χ2v) is 8.29. The maximum Gasteiger partial charge on any atom is 0.227 e. The van der Waals surface area contributed by atoms with Crippen molar-refractivity contribution in [1.29, 1.82) is 0 Å². The van der Waals surface area contributed by atoms with E-state index in [0.717, 1.165) is 72.4 Å². The van der Waals surface area contributed by atoms with Gasteiger partial charge in [-0.25, -0.2) is 4.98 Å². The quantitative estimate of drug-likeness (QED) is 0.620. The minimum absolute atomic E-state index is 0.734. The molecule has 1 N–H and O–H groups in total. The highest BCUT2D eigenvalue weighted by Gasteiger charge is 2.19. The average molecular weight is 429 g/mol. The molecule has 164 valence electrons. The third-order valence-corrected chi connectivity index (χ3v) is 6.04. The third-order valence-electron chi connectivity index (χ3n) is 6.04. The highest BCUT2D eigenvalue weighted by Crippen LogP contribution is 2.32. The fourth-order valence-electron chi connectivity index (χ4n) is 4.32. The fraction of sp³-hybridized carbons (Fsp3) is 0.400. The first-order chi connectivity index (χ1) is 15.8. The molecule has 2 fully saturated rings. The van der Waals surface area contributed by atoms with Crippen LogP contribution in [0.4, 0.5) is 17.5 Å². The summed E-state index contributed by atoms with van der Waals surface area (Å²) in [6.07, 6.45) is 8.42. The number of aromatic nitrogens is 3. The van der Waals surface area contributed by atoms with Crippen molar-refractivity contribution < 1.29 is 4.74 Å². The Hall–Kier alpha value is -3.37. The van der Waals surface area contributed by atoms with Crippen LogP contribution in [0.1, 0.15) is 31.2 Å². The van der Waals surface area contributed by atoms with E-state index in [2.05, 4.69) is 31.9 Å². The van der Waals surface area contributed by atoms with E-state index in [9.17, 15) is 0 Å². The van der Waals surface area contributed by atoms with Crippen LogP contribution in [-0.4, -0.2) is 59.7 Å². The Labute approximate surface area is 188 Å². The summed E-state index contributed by atoms with van der Waals surface area (Å²) >= 11 is 0. The number of hydrogen-bond acceptors (Lipinski definition) is 7. The van der Waals surface area contributed by atoms with E-state index < -0.39 is 0 Å². The van der Waals surface area contributed by atoms with E-state index in [0.29, 0.717) is 0 Å². The molecule has 32 heavy (non-hydrogen) atoms. The molecule has 7 heteroatoms. The molecule has 0 atom stereocenters. The van der Waals surface area contributed by atoms with E-state index in [4.69, 9.17) is 14.7 Å². The summed E-state index contributed by atoms with van der Waals surface area (Å²) in [6.45, 7) is 5.03. The molecule has 4 heterocycles. The number of nitrogens with zero attached hydrogens (tertiary/aromatic N) is 5. The molecule has 0 bridgehead atoms. The van der Waals surface area contributed by atoms with Crippen molar-refractivity contribution in [3.05, 3.63) is 42.2 Å². The molecule has 1 aromatic carbocycles. The number of rotatable bonds is 5. The molecule has 7 nitrogen and oxygen atoms in total. The van der Waals surface area contributed by atoms with E-state index in [1.807, 2.05) is 24.3 Å². The number of likely N-dealkylation sites (tertiary alicyclic amines) is 1. The van der Waals surface area contributed by atoms with E-state index in [1.165, 1.54) is 25.7 Å². The molecule has 2 aliphatic heterocycles. The first kappa shape index (κ1) is 20.5. The smallest absolute Gasteiger partial charge is 0.227 e. The predicted octanol–water partition coefficient (Wildman–Crippen LogP) is 3.82. The lowest BCUT2D eigenvalue weighted by atomic mass is 10.1. The second kappa shape index (κ2) is 9.41. The summed E-state index contributed by atoms with van der Waals surface area (Å²) in [5, 5.41) is 4.32. The molecule has 2 aromatic heterocycles. The largest absolute Gasteiger partial charge is 0.495 e. The van der Waals surface area contributed by atoms with Crippen LogP contribution in [0.2, 0.25) is 0 Å². The Morgan fingerprint density at radius 2 is 1.88 bits per heavy atom. The van der Waals surface area contributed by atoms with Gasteiger partial charge in [-0.15, -0.1) is 0 Å². The van der Waals surface area contributed by atoms with Gasteiger partial charge in [0.15, 0.2) is 0 Å². The number of ether oxygens (including phenoxy) is 1. The van der Waals surface area contributed by atoms with Crippen LogP contribution in [0.15, 0.2) is 36.7 Å². The number of anilines is 3. The Morgan fingerprint density at radius 3 is 2.62 bits per heavy atom. The lowest BCUT2D eigenvalue weighted by Gasteiger charge is -2.18. The van der Waals surface area contributed by atoms with Gasteiger partial charge < -0.3 is 15.0 Å². The SMILES string of the molecule is COc1cc2c(Nc3cccnc3)nc(N3CCCC3)nc2cc1C#CCN1CCCC1. The molecular weight excluding hydrogens is 400 g/mol. The number of hydrogen-bond donors (Lipinski definition) is 1. The van der Waals surface area contributed by atoms with Crippen molar-refractivity contribution in [1.82, 2.24) is 19.9 Å². The summed E-state index contributed by atoms with van der Waals surface area (Å²) in [4.78, 5) is 18.6. The summed E-state index contributed by atoms with van der Waals surface area (Å²) in [5.41, 5.74) is 2.60. The van der Waals surface area contributed by atoms with Crippen molar-refractivity contribution in [3.8, 4) is 17.6 Å². The first-order valence-corrected chi connectivity index (χ1v) is 11.3. The molecule has 0 radical (unpaired) electrons. The van der Waals surface area contributed by atoms with Gasteiger partial charge in [0.05, 0.1) is 36.6 Å². The molecule has 0 unspecified atom stereocenters. The number of benzene rings is 1.